The van der Waals surface area contributed by atoms with Gasteiger partial charge in [0, 0.05) is 13.5 Å². The number of carbonyl (C=O) groups excluding carboxylic acids is 2. The van der Waals surface area contributed by atoms with Gasteiger partial charge in [0.15, 0.2) is 0 Å². The fourth-order valence-corrected chi connectivity index (χ4v) is 3.69. The Morgan fingerprint density at radius 2 is 1.92 bits per heavy atom. The van der Waals surface area contributed by atoms with E-state index >= 15 is 0 Å². The molecule has 3 rings (SSSR count). The topological polar surface area (TPSA) is 64.6 Å². The number of nitrogens with one attached hydrogen (secondary N) is 1. The fourth-order valence-electron chi connectivity index (χ4n) is 2.96. The lowest BCUT2D eigenvalue weighted by molar-refractivity contribution is -0.133. The molecule has 1 saturated heterocycles. The standard InChI is InChI=1S/C18H19NO4S/c1-22-7-8-23-16-4-2-13(3-5-16)18(14-6-9-24-12-14)11-15(20)10-17(21)19-18/h2-6,9,12H,7-8,10-11H2,1H3,(H,19,21)/t18-/m1/s1. The van der Waals surface area contributed by atoms with Crippen LogP contribution in [0.4, 0.5) is 0 Å². The molecular formula is C18H19NO4S. The van der Waals surface area contributed by atoms with Gasteiger partial charge in [-0.1, -0.05) is 12.1 Å². The van der Waals surface area contributed by atoms with E-state index in [1.54, 1.807) is 18.4 Å². The Morgan fingerprint density at radius 1 is 1.12 bits per heavy atom. The van der Waals surface area contributed by atoms with Crippen molar-refractivity contribution >= 4 is 23.0 Å². The van der Waals surface area contributed by atoms with Gasteiger partial charge in [0.1, 0.15) is 18.1 Å². The number of methoxy groups -OCH3 is 1. The van der Waals surface area contributed by atoms with E-state index in [0.29, 0.717) is 13.2 Å². The van der Waals surface area contributed by atoms with Crippen LogP contribution in [0.25, 0.3) is 0 Å². The van der Waals surface area contributed by atoms with Crippen molar-refractivity contribution in [2.45, 2.75) is 18.4 Å². The Kier molecular flexibility index (Phi) is 4.97. The highest BCUT2D eigenvalue weighted by Crippen LogP contribution is 2.37. The predicted molar refractivity (Wildman–Crippen MR) is 91.3 cm³/mol. The van der Waals surface area contributed by atoms with Gasteiger partial charge < -0.3 is 14.8 Å². The largest absolute Gasteiger partial charge is 0.491 e. The van der Waals surface area contributed by atoms with E-state index in [4.69, 9.17) is 9.47 Å². The van der Waals surface area contributed by atoms with Gasteiger partial charge in [-0.2, -0.15) is 11.3 Å². The van der Waals surface area contributed by atoms with Crippen LogP contribution in [0.1, 0.15) is 24.0 Å². The maximum atomic E-state index is 12.1. The average Bonchev–Trinajstić information content (AvgIpc) is 3.10. The number of ketones is 1. The highest BCUT2D eigenvalue weighted by Gasteiger charge is 2.42. The second-order valence-electron chi connectivity index (χ2n) is 5.72. The van der Waals surface area contributed by atoms with Crippen LogP contribution in [0.5, 0.6) is 5.75 Å². The molecule has 6 heteroatoms. The number of carbonyl (C=O) groups is 2. The molecule has 24 heavy (non-hydrogen) atoms. The normalized spacial score (nSPS) is 20.7. The van der Waals surface area contributed by atoms with Crippen molar-refractivity contribution in [3.8, 4) is 5.75 Å². The van der Waals surface area contributed by atoms with Crippen molar-refractivity contribution in [2.24, 2.45) is 0 Å². The zero-order valence-corrected chi connectivity index (χ0v) is 14.2. The highest BCUT2D eigenvalue weighted by atomic mass is 32.1. The molecule has 1 aromatic heterocycles. The van der Waals surface area contributed by atoms with Crippen LogP contribution in [0.2, 0.25) is 0 Å². The number of amides is 1. The maximum absolute atomic E-state index is 12.1. The van der Waals surface area contributed by atoms with E-state index in [9.17, 15) is 9.59 Å². The van der Waals surface area contributed by atoms with Crippen LogP contribution in [-0.2, 0) is 19.9 Å². The summed E-state index contributed by atoms with van der Waals surface area (Å²) < 4.78 is 10.5. The van der Waals surface area contributed by atoms with Gasteiger partial charge in [-0.05, 0) is 40.1 Å². The Bertz CT molecular complexity index is 693. The van der Waals surface area contributed by atoms with Crippen molar-refractivity contribution < 1.29 is 19.1 Å². The van der Waals surface area contributed by atoms with Crippen molar-refractivity contribution in [3.63, 3.8) is 0 Å². The van der Waals surface area contributed by atoms with Gasteiger partial charge in [0.25, 0.3) is 0 Å². The Balaban J connectivity index is 1.92. The Hall–Kier alpha value is -2.18. The van der Waals surface area contributed by atoms with Crippen molar-refractivity contribution in [1.82, 2.24) is 5.32 Å². The molecule has 0 unspecified atom stereocenters. The lowest BCUT2D eigenvalue weighted by Gasteiger charge is -2.37. The first-order valence-corrected chi connectivity index (χ1v) is 8.66. The van der Waals surface area contributed by atoms with Gasteiger partial charge in [0.2, 0.25) is 5.91 Å². The summed E-state index contributed by atoms with van der Waals surface area (Å²) in [6, 6.07) is 9.46. The first kappa shape index (κ1) is 16.7. The van der Waals surface area contributed by atoms with E-state index in [1.807, 2.05) is 41.1 Å². The lowest BCUT2D eigenvalue weighted by atomic mass is 9.77. The number of ether oxygens (including phenoxy) is 2. The molecule has 0 radical (unpaired) electrons. The van der Waals surface area contributed by atoms with Crippen molar-refractivity contribution in [1.29, 1.82) is 0 Å². The molecule has 0 spiro atoms. The summed E-state index contributed by atoms with van der Waals surface area (Å²) in [5, 5.41) is 6.96. The monoisotopic (exact) mass is 345 g/mol. The van der Waals surface area contributed by atoms with Crippen LogP contribution < -0.4 is 10.1 Å². The molecule has 1 amide bonds. The van der Waals surface area contributed by atoms with Gasteiger partial charge in [0.05, 0.1) is 18.6 Å². The SMILES string of the molecule is COCCOc1ccc([C@@]2(c3ccsc3)CC(=O)CC(=O)N2)cc1. The minimum absolute atomic E-state index is 0.0506. The van der Waals surface area contributed by atoms with Gasteiger partial charge >= 0.3 is 0 Å². The third-order valence-electron chi connectivity index (χ3n) is 4.09. The molecule has 1 aromatic carbocycles. The van der Waals surface area contributed by atoms with Crippen molar-refractivity contribution in [3.05, 3.63) is 52.2 Å². The van der Waals surface area contributed by atoms with Crippen LogP contribution in [0.3, 0.4) is 0 Å². The summed E-state index contributed by atoms with van der Waals surface area (Å²) in [6.07, 6.45) is 0.212. The number of benzene rings is 1. The fraction of sp³-hybridized carbons (Fsp3) is 0.333. The summed E-state index contributed by atoms with van der Waals surface area (Å²) in [5.41, 5.74) is 1.01. The number of thiophene rings is 1. The number of piperidine rings is 1. The Labute approximate surface area is 144 Å². The molecule has 2 heterocycles. The summed E-state index contributed by atoms with van der Waals surface area (Å²) >= 11 is 1.54. The van der Waals surface area contributed by atoms with E-state index in [-0.39, 0.29) is 24.5 Å². The van der Waals surface area contributed by atoms with E-state index in [2.05, 4.69) is 5.32 Å². The summed E-state index contributed by atoms with van der Waals surface area (Å²) in [4.78, 5) is 24.1. The third-order valence-corrected chi connectivity index (χ3v) is 4.77. The second kappa shape index (κ2) is 7.15. The molecule has 5 nitrogen and oxygen atoms in total. The zero-order valence-electron chi connectivity index (χ0n) is 13.4. The molecule has 0 aliphatic carbocycles. The molecule has 1 aliphatic rings. The summed E-state index contributed by atoms with van der Waals surface area (Å²) in [6.45, 7) is 0.992. The average molecular weight is 345 g/mol. The summed E-state index contributed by atoms with van der Waals surface area (Å²) in [7, 11) is 1.62. The molecule has 0 saturated carbocycles. The van der Waals surface area contributed by atoms with E-state index < -0.39 is 5.54 Å². The molecule has 1 aliphatic heterocycles. The molecule has 1 atom stereocenters. The Morgan fingerprint density at radius 3 is 2.54 bits per heavy atom. The number of hydrogen-bond acceptors (Lipinski definition) is 5. The van der Waals surface area contributed by atoms with Gasteiger partial charge in [-0.15, -0.1) is 0 Å². The highest BCUT2D eigenvalue weighted by molar-refractivity contribution is 7.08. The maximum Gasteiger partial charge on any atom is 0.228 e. The quantitative estimate of drug-likeness (QED) is 0.645. The van der Waals surface area contributed by atoms with Crippen molar-refractivity contribution in [2.75, 3.05) is 20.3 Å². The van der Waals surface area contributed by atoms with Crippen LogP contribution in [0.15, 0.2) is 41.1 Å². The smallest absolute Gasteiger partial charge is 0.228 e. The van der Waals surface area contributed by atoms with Crippen LogP contribution >= 0.6 is 11.3 Å². The molecule has 0 bridgehead atoms. The molecule has 1 N–H and O–H groups in total. The molecule has 2 aromatic rings. The first-order valence-electron chi connectivity index (χ1n) is 7.72. The predicted octanol–water partition coefficient (Wildman–Crippen LogP) is 2.50. The van der Waals surface area contributed by atoms with Crippen LogP contribution in [-0.4, -0.2) is 32.0 Å². The molecular weight excluding hydrogens is 326 g/mol. The minimum atomic E-state index is -0.794. The zero-order chi connectivity index (χ0) is 17.0. The number of Topliss-reactive ketones (excluding diaryl/α,β-unsaturated/α-hetero) is 1. The van der Waals surface area contributed by atoms with E-state index in [0.717, 1.165) is 16.9 Å². The third kappa shape index (κ3) is 3.34. The molecule has 1 fully saturated rings. The summed E-state index contributed by atoms with van der Waals surface area (Å²) in [5.74, 6) is 0.438. The first-order chi connectivity index (χ1) is 11.6. The number of hydrogen-bond donors (Lipinski definition) is 1. The molecule has 126 valence electrons. The number of rotatable bonds is 6. The second-order valence-corrected chi connectivity index (χ2v) is 6.50. The lowest BCUT2D eigenvalue weighted by Crippen LogP contribution is -2.52. The van der Waals surface area contributed by atoms with Gasteiger partial charge in [-0.3, -0.25) is 9.59 Å². The minimum Gasteiger partial charge on any atom is -0.491 e. The van der Waals surface area contributed by atoms with Crippen LogP contribution in [0, 0.1) is 0 Å². The van der Waals surface area contributed by atoms with Gasteiger partial charge in [-0.25, -0.2) is 0 Å². The van der Waals surface area contributed by atoms with E-state index in [1.165, 1.54) is 0 Å².